The topological polar surface area (TPSA) is 69.6 Å². The molecule has 0 radical (unpaired) electrons. The molecular formula is C23H22N2O3. The molecule has 28 heavy (non-hydrogen) atoms. The number of carbonyl (C=O) groups excluding carboxylic acids is 2. The summed E-state index contributed by atoms with van der Waals surface area (Å²) in [6, 6.07) is 18.8. The summed E-state index contributed by atoms with van der Waals surface area (Å²) in [7, 11) is 0. The van der Waals surface area contributed by atoms with E-state index < -0.39 is 0 Å². The van der Waals surface area contributed by atoms with Gasteiger partial charge >= 0.3 is 0 Å². The van der Waals surface area contributed by atoms with Gasteiger partial charge in [0.1, 0.15) is 5.75 Å². The van der Waals surface area contributed by atoms with Gasteiger partial charge in [0.2, 0.25) is 5.91 Å². The molecule has 0 unspecified atom stereocenters. The molecule has 3 aromatic carbocycles. The van der Waals surface area contributed by atoms with Crippen molar-refractivity contribution in [2.45, 2.75) is 25.9 Å². The van der Waals surface area contributed by atoms with E-state index in [1.165, 1.54) is 6.07 Å². The molecule has 1 heterocycles. The molecule has 3 aromatic rings. The first kappa shape index (κ1) is 18.0. The third kappa shape index (κ3) is 3.56. The van der Waals surface area contributed by atoms with E-state index in [4.69, 9.17) is 0 Å². The van der Waals surface area contributed by atoms with Crippen molar-refractivity contribution in [2.75, 3.05) is 6.54 Å². The van der Waals surface area contributed by atoms with Crippen molar-refractivity contribution in [3.8, 4) is 5.75 Å². The van der Waals surface area contributed by atoms with Gasteiger partial charge in [-0.1, -0.05) is 54.1 Å². The number of benzene rings is 3. The molecule has 0 bridgehead atoms. The first-order valence-electron chi connectivity index (χ1n) is 9.36. The van der Waals surface area contributed by atoms with Crippen LogP contribution in [0.1, 0.15) is 27.9 Å². The van der Waals surface area contributed by atoms with Gasteiger partial charge in [-0.25, -0.2) is 0 Å². The standard InChI is InChI=1S/C23H22N2O3/c1-15-9-10-21(26)20(11-15)23(28)24-18-12-22(27)25(14-18)13-17-7-4-6-16-5-2-3-8-19(16)17/h2-11,18,26H,12-14H2,1H3,(H,24,28)/t18-/m0/s1. The normalized spacial score (nSPS) is 16.5. The number of rotatable bonds is 4. The lowest BCUT2D eigenvalue weighted by atomic mass is 10.0. The van der Waals surface area contributed by atoms with Gasteiger partial charge in [0.25, 0.3) is 5.91 Å². The number of likely N-dealkylation sites (tertiary alicyclic amines) is 1. The Morgan fingerprint density at radius 3 is 2.79 bits per heavy atom. The third-order valence-electron chi connectivity index (χ3n) is 5.19. The summed E-state index contributed by atoms with van der Waals surface area (Å²) >= 11 is 0. The molecule has 142 valence electrons. The minimum absolute atomic E-state index is 0.0201. The highest BCUT2D eigenvalue weighted by Crippen LogP contribution is 2.23. The fraction of sp³-hybridized carbons (Fsp3) is 0.217. The number of nitrogens with zero attached hydrogens (tertiary/aromatic N) is 1. The molecule has 0 aliphatic carbocycles. The van der Waals surface area contributed by atoms with Crippen molar-refractivity contribution in [2.24, 2.45) is 0 Å². The molecular weight excluding hydrogens is 352 g/mol. The van der Waals surface area contributed by atoms with Gasteiger partial charge in [0.15, 0.2) is 0 Å². The average Bonchev–Trinajstić information content (AvgIpc) is 3.02. The Kier molecular flexibility index (Phi) is 4.74. The van der Waals surface area contributed by atoms with E-state index in [9.17, 15) is 14.7 Å². The Balaban J connectivity index is 1.47. The summed E-state index contributed by atoms with van der Waals surface area (Å²) in [5.41, 5.74) is 2.22. The predicted molar refractivity (Wildman–Crippen MR) is 108 cm³/mol. The summed E-state index contributed by atoms with van der Waals surface area (Å²) < 4.78 is 0. The van der Waals surface area contributed by atoms with Crippen LogP contribution in [0.3, 0.4) is 0 Å². The largest absolute Gasteiger partial charge is 0.507 e. The number of amides is 2. The molecule has 1 atom stereocenters. The van der Waals surface area contributed by atoms with Crippen LogP contribution in [-0.2, 0) is 11.3 Å². The van der Waals surface area contributed by atoms with Gasteiger partial charge in [-0.3, -0.25) is 9.59 Å². The van der Waals surface area contributed by atoms with E-state index in [1.54, 1.807) is 17.0 Å². The Hall–Kier alpha value is -3.34. The van der Waals surface area contributed by atoms with Gasteiger partial charge in [-0.2, -0.15) is 0 Å². The number of aromatic hydroxyl groups is 1. The van der Waals surface area contributed by atoms with Crippen molar-refractivity contribution < 1.29 is 14.7 Å². The molecule has 0 aromatic heterocycles. The Labute approximate surface area is 163 Å². The maximum absolute atomic E-state index is 12.5. The van der Waals surface area contributed by atoms with Crippen molar-refractivity contribution in [1.29, 1.82) is 0 Å². The molecule has 1 aliphatic rings. The molecule has 1 aliphatic heterocycles. The minimum atomic E-state index is -0.356. The number of hydrogen-bond donors (Lipinski definition) is 2. The van der Waals surface area contributed by atoms with E-state index in [0.29, 0.717) is 13.1 Å². The van der Waals surface area contributed by atoms with Gasteiger partial charge in [0, 0.05) is 19.5 Å². The number of phenols is 1. The summed E-state index contributed by atoms with van der Waals surface area (Å²) in [6.07, 6.45) is 0.267. The van der Waals surface area contributed by atoms with E-state index in [2.05, 4.69) is 23.5 Å². The lowest BCUT2D eigenvalue weighted by Crippen LogP contribution is -2.37. The molecule has 1 saturated heterocycles. The first-order chi connectivity index (χ1) is 13.5. The van der Waals surface area contributed by atoms with E-state index in [-0.39, 0.29) is 35.6 Å². The van der Waals surface area contributed by atoms with Crippen LogP contribution in [0.15, 0.2) is 60.7 Å². The fourth-order valence-corrected chi connectivity index (χ4v) is 3.75. The quantitative estimate of drug-likeness (QED) is 0.735. The highest BCUT2D eigenvalue weighted by molar-refractivity contribution is 5.97. The summed E-state index contributed by atoms with van der Waals surface area (Å²) in [5, 5.41) is 15.1. The molecule has 0 saturated carbocycles. The van der Waals surface area contributed by atoms with Crippen LogP contribution in [0.25, 0.3) is 10.8 Å². The van der Waals surface area contributed by atoms with Crippen LogP contribution in [0.2, 0.25) is 0 Å². The van der Waals surface area contributed by atoms with Crippen molar-refractivity contribution in [3.63, 3.8) is 0 Å². The van der Waals surface area contributed by atoms with Gasteiger partial charge in [-0.15, -0.1) is 0 Å². The minimum Gasteiger partial charge on any atom is -0.507 e. The zero-order chi connectivity index (χ0) is 19.7. The predicted octanol–water partition coefficient (Wildman–Crippen LogP) is 3.38. The van der Waals surface area contributed by atoms with Crippen molar-refractivity contribution in [3.05, 3.63) is 77.4 Å². The summed E-state index contributed by atoms with van der Waals surface area (Å²) in [4.78, 5) is 26.8. The smallest absolute Gasteiger partial charge is 0.255 e. The van der Waals surface area contributed by atoms with Gasteiger partial charge in [-0.05, 0) is 35.4 Å². The number of nitrogens with one attached hydrogen (secondary N) is 1. The maximum Gasteiger partial charge on any atom is 0.255 e. The number of hydrogen-bond acceptors (Lipinski definition) is 3. The second kappa shape index (κ2) is 7.35. The van der Waals surface area contributed by atoms with E-state index in [0.717, 1.165) is 21.9 Å². The Morgan fingerprint density at radius 2 is 1.93 bits per heavy atom. The Bertz CT molecular complexity index is 1060. The van der Waals surface area contributed by atoms with Crippen LogP contribution in [-0.4, -0.2) is 34.4 Å². The number of carbonyl (C=O) groups is 2. The maximum atomic E-state index is 12.5. The molecule has 5 nitrogen and oxygen atoms in total. The van der Waals surface area contributed by atoms with E-state index >= 15 is 0 Å². The van der Waals surface area contributed by atoms with Crippen molar-refractivity contribution >= 4 is 22.6 Å². The van der Waals surface area contributed by atoms with E-state index in [1.807, 2.05) is 31.2 Å². The van der Waals surface area contributed by atoms with Crippen LogP contribution in [0, 0.1) is 6.92 Å². The molecule has 2 amide bonds. The molecule has 2 N–H and O–H groups in total. The summed E-state index contributed by atoms with van der Waals surface area (Å²) in [5.74, 6) is -0.391. The SMILES string of the molecule is Cc1ccc(O)c(C(=O)N[C@H]2CC(=O)N(Cc3cccc4ccccc34)C2)c1. The van der Waals surface area contributed by atoms with Crippen LogP contribution >= 0.6 is 0 Å². The monoisotopic (exact) mass is 374 g/mol. The van der Waals surface area contributed by atoms with Gasteiger partial charge in [0.05, 0.1) is 11.6 Å². The number of fused-ring (bicyclic) bond motifs is 1. The zero-order valence-corrected chi connectivity index (χ0v) is 15.7. The lowest BCUT2D eigenvalue weighted by Gasteiger charge is -2.18. The second-order valence-electron chi connectivity index (χ2n) is 7.31. The molecule has 5 heteroatoms. The van der Waals surface area contributed by atoms with Crippen LogP contribution < -0.4 is 5.32 Å². The fourth-order valence-electron chi connectivity index (χ4n) is 3.75. The second-order valence-corrected chi connectivity index (χ2v) is 7.31. The molecule has 4 rings (SSSR count). The van der Waals surface area contributed by atoms with Crippen LogP contribution in [0.5, 0.6) is 5.75 Å². The third-order valence-corrected chi connectivity index (χ3v) is 5.19. The highest BCUT2D eigenvalue weighted by Gasteiger charge is 2.31. The van der Waals surface area contributed by atoms with Gasteiger partial charge < -0.3 is 15.3 Å². The first-order valence-corrected chi connectivity index (χ1v) is 9.36. The van der Waals surface area contributed by atoms with Crippen LogP contribution in [0.4, 0.5) is 0 Å². The van der Waals surface area contributed by atoms with Crippen molar-refractivity contribution in [1.82, 2.24) is 10.2 Å². The molecule has 1 fully saturated rings. The average molecular weight is 374 g/mol. The summed E-state index contributed by atoms with van der Waals surface area (Å²) in [6.45, 7) is 2.84. The highest BCUT2D eigenvalue weighted by atomic mass is 16.3. The number of aryl methyl sites for hydroxylation is 1. The molecule has 0 spiro atoms. The zero-order valence-electron chi connectivity index (χ0n) is 15.7. The Morgan fingerprint density at radius 1 is 1.14 bits per heavy atom. The number of phenolic OH excluding ortho intramolecular Hbond substituents is 1. The lowest BCUT2D eigenvalue weighted by molar-refractivity contribution is -0.128.